The quantitative estimate of drug-likeness (QED) is 0.255. The van der Waals surface area contributed by atoms with Crippen molar-refractivity contribution in [3.8, 4) is 11.5 Å². The SMILES string of the molecule is Cn1c(Nc2cccc(C(F)(F)F)c2)nc2cc(Oc3ccnc(C=NO)c3)ccc21. The van der Waals surface area contributed by atoms with Crippen LogP contribution in [0.15, 0.2) is 65.9 Å². The number of benzene rings is 2. The second-order valence-electron chi connectivity index (χ2n) is 6.61. The first-order valence-corrected chi connectivity index (χ1v) is 9.05. The van der Waals surface area contributed by atoms with Gasteiger partial charge in [-0.05, 0) is 36.4 Å². The van der Waals surface area contributed by atoms with Crippen molar-refractivity contribution in [2.24, 2.45) is 12.2 Å². The van der Waals surface area contributed by atoms with E-state index in [4.69, 9.17) is 9.94 Å². The topological polar surface area (TPSA) is 84.6 Å². The first-order chi connectivity index (χ1) is 14.8. The van der Waals surface area contributed by atoms with Crippen molar-refractivity contribution in [3.05, 3.63) is 72.1 Å². The smallest absolute Gasteiger partial charge is 0.416 e. The molecule has 0 fully saturated rings. The highest BCUT2D eigenvalue weighted by Gasteiger charge is 2.30. The molecule has 0 bridgehead atoms. The summed E-state index contributed by atoms with van der Waals surface area (Å²) in [6, 6.07) is 13.4. The van der Waals surface area contributed by atoms with E-state index in [1.54, 1.807) is 48.0 Å². The maximum Gasteiger partial charge on any atom is 0.416 e. The van der Waals surface area contributed by atoms with Crippen molar-refractivity contribution < 1.29 is 23.1 Å². The number of hydrogen-bond donors (Lipinski definition) is 2. The van der Waals surface area contributed by atoms with Crippen molar-refractivity contribution in [2.45, 2.75) is 6.18 Å². The van der Waals surface area contributed by atoms with Gasteiger partial charge in [-0.1, -0.05) is 11.2 Å². The number of rotatable bonds is 5. The average Bonchev–Trinajstić information content (AvgIpc) is 3.03. The fraction of sp³-hybridized carbons (Fsp3) is 0.0952. The Morgan fingerprint density at radius 3 is 2.68 bits per heavy atom. The van der Waals surface area contributed by atoms with Crippen LogP contribution >= 0.6 is 0 Å². The highest BCUT2D eigenvalue weighted by atomic mass is 19.4. The monoisotopic (exact) mass is 427 g/mol. The van der Waals surface area contributed by atoms with E-state index in [-0.39, 0.29) is 5.69 Å². The Hall–Kier alpha value is -4.08. The summed E-state index contributed by atoms with van der Waals surface area (Å²) in [6.07, 6.45) is -1.73. The zero-order valence-electron chi connectivity index (χ0n) is 16.1. The summed E-state index contributed by atoms with van der Waals surface area (Å²) < 4.78 is 46.4. The van der Waals surface area contributed by atoms with Crippen LogP contribution in [0.4, 0.5) is 24.8 Å². The molecule has 0 aliphatic heterocycles. The third-order valence-electron chi connectivity index (χ3n) is 4.48. The molecule has 0 saturated carbocycles. The van der Waals surface area contributed by atoms with Crippen LogP contribution in [0.2, 0.25) is 0 Å². The number of nitrogens with one attached hydrogen (secondary N) is 1. The summed E-state index contributed by atoms with van der Waals surface area (Å²) in [6.45, 7) is 0. The third-order valence-corrected chi connectivity index (χ3v) is 4.48. The lowest BCUT2D eigenvalue weighted by Gasteiger charge is -2.10. The highest BCUT2D eigenvalue weighted by Crippen LogP contribution is 2.32. The van der Waals surface area contributed by atoms with E-state index in [0.717, 1.165) is 17.6 Å². The van der Waals surface area contributed by atoms with E-state index in [1.807, 2.05) is 0 Å². The predicted molar refractivity (Wildman–Crippen MR) is 109 cm³/mol. The standard InChI is InChI=1S/C21H16F3N5O2/c1-29-19-6-5-16(31-17-7-8-25-15(10-17)12-26-30)11-18(19)28-20(29)27-14-4-2-3-13(9-14)21(22,23)24/h2-12,30H,1H3,(H,27,28). The van der Waals surface area contributed by atoms with E-state index < -0.39 is 11.7 Å². The first-order valence-electron chi connectivity index (χ1n) is 9.05. The van der Waals surface area contributed by atoms with E-state index in [2.05, 4.69) is 20.4 Å². The Morgan fingerprint density at radius 1 is 1.10 bits per heavy atom. The van der Waals surface area contributed by atoms with Gasteiger partial charge in [0, 0.05) is 31.1 Å². The largest absolute Gasteiger partial charge is 0.457 e. The van der Waals surface area contributed by atoms with Gasteiger partial charge in [-0.2, -0.15) is 13.2 Å². The number of pyridine rings is 1. The molecule has 0 saturated heterocycles. The van der Waals surface area contributed by atoms with Gasteiger partial charge in [0.2, 0.25) is 5.95 Å². The Balaban J connectivity index is 1.60. The lowest BCUT2D eigenvalue weighted by atomic mass is 10.2. The maximum atomic E-state index is 13.0. The molecule has 2 aromatic carbocycles. The third kappa shape index (κ3) is 4.42. The van der Waals surface area contributed by atoms with E-state index in [9.17, 15) is 13.2 Å². The highest BCUT2D eigenvalue weighted by molar-refractivity contribution is 5.81. The number of alkyl halides is 3. The molecule has 4 aromatic rings. The van der Waals surface area contributed by atoms with Gasteiger partial charge in [0.25, 0.3) is 0 Å². The fourth-order valence-electron chi connectivity index (χ4n) is 3.01. The molecule has 0 spiro atoms. The zero-order valence-corrected chi connectivity index (χ0v) is 16.1. The second kappa shape index (κ2) is 7.98. The number of aryl methyl sites for hydroxylation is 1. The van der Waals surface area contributed by atoms with Gasteiger partial charge in [0.1, 0.15) is 11.5 Å². The molecule has 0 amide bonds. The molecule has 7 nitrogen and oxygen atoms in total. The van der Waals surface area contributed by atoms with Gasteiger partial charge in [-0.15, -0.1) is 0 Å². The van der Waals surface area contributed by atoms with Crippen molar-refractivity contribution in [2.75, 3.05) is 5.32 Å². The molecule has 0 atom stereocenters. The van der Waals surface area contributed by atoms with Gasteiger partial charge in [0.15, 0.2) is 0 Å². The predicted octanol–water partition coefficient (Wildman–Crippen LogP) is 5.33. The molecule has 158 valence electrons. The summed E-state index contributed by atoms with van der Waals surface area (Å²) in [5, 5.41) is 14.5. The average molecular weight is 427 g/mol. The minimum atomic E-state index is -4.42. The van der Waals surface area contributed by atoms with Crippen molar-refractivity contribution >= 4 is 28.9 Å². The summed E-state index contributed by atoms with van der Waals surface area (Å²) in [7, 11) is 1.76. The number of fused-ring (bicyclic) bond motifs is 1. The van der Waals surface area contributed by atoms with Crippen LogP contribution in [-0.4, -0.2) is 26.0 Å². The minimum absolute atomic E-state index is 0.277. The summed E-state index contributed by atoms with van der Waals surface area (Å²) in [5.74, 6) is 1.38. The molecule has 0 unspecified atom stereocenters. The van der Waals surface area contributed by atoms with Gasteiger partial charge in [0.05, 0.1) is 28.5 Å². The van der Waals surface area contributed by atoms with Crippen LogP contribution < -0.4 is 10.1 Å². The second-order valence-corrected chi connectivity index (χ2v) is 6.61. The Bertz CT molecular complexity index is 1270. The van der Waals surface area contributed by atoms with Crippen molar-refractivity contribution in [1.29, 1.82) is 0 Å². The lowest BCUT2D eigenvalue weighted by molar-refractivity contribution is -0.137. The van der Waals surface area contributed by atoms with E-state index >= 15 is 0 Å². The number of oxime groups is 1. The Kier molecular flexibility index (Phi) is 5.20. The van der Waals surface area contributed by atoms with Crippen LogP contribution in [0.25, 0.3) is 11.0 Å². The van der Waals surface area contributed by atoms with E-state index in [0.29, 0.717) is 28.7 Å². The molecule has 2 N–H and O–H groups in total. The van der Waals surface area contributed by atoms with Crippen LogP contribution in [0.5, 0.6) is 11.5 Å². The number of hydrogen-bond acceptors (Lipinski definition) is 6. The van der Waals surface area contributed by atoms with Gasteiger partial charge in [-0.3, -0.25) is 4.98 Å². The van der Waals surface area contributed by atoms with Gasteiger partial charge < -0.3 is 19.8 Å². The molecule has 2 heterocycles. The number of aromatic nitrogens is 3. The molecular formula is C21H16F3N5O2. The zero-order chi connectivity index (χ0) is 22.0. The molecule has 2 aromatic heterocycles. The minimum Gasteiger partial charge on any atom is -0.457 e. The van der Waals surface area contributed by atoms with Gasteiger partial charge >= 0.3 is 6.18 Å². The molecule has 31 heavy (non-hydrogen) atoms. The maximum absolute atomic E-state index is 13.0. The number of imidazole rings is 1. The Labute approximate surface area is 174 Å². The van der Waals surface area contributed by atoms with Crippen molar-refractivity contribution in [3.63, 3.8) is 0 Å². The van der Waals surface area contributed by atoms with Crippen LogP contribution in [0.3, 0.4) is 0 Å². The van der Waals surface area contributed by atoms with Crippen LogP contribution in [0.1, 0.15) is 11.3 Å². The summed E-state index contributed by atoms with van der Waals surface area (Å²) in [4.78, 5) is 8.49. The number of ether oxygens (including phenoxy) is 1. The molecule has 0 aliphatic carbocycles. The molecule has 0 radical (unpaired) electrons. The van der Waals surface area contributed by atoms with Gasteiger partial charge in [-0.25, -0.2) is 4.98 Å². The normalized spacial score (nSPS) is 11.9. The Morgan fingerprint density at radius 2 is 1.90 bits per heavy atom. The number of nitrogens with zero attached hydrogens (tertiary/aromatic N) is 4. The molecule has 0 aliphatic rings. The summed E-state index contributed by atoms with van der Waals surface area (Å²) in [5.41, 5.74) is 1.33. The van der Waals surface area contributed by atoms with Crippen molar-refractivity contribution in [1.82, 2.24) is 14.5 Å². The van der Waals surface area contributed by atoms with E-state index in [1.165, 1.54) is 18.5 Å². The summed E-state index contributed by atoms with van der Waals surface area (Å²) >= 11 is 0. The number of anilines is 2. The molecule has 4 rings (SSSR count). The van der Waals surface area contributed by atoms with Crippen LogP contribution in [-0.2, 0) is 13.2 Å². The first kappa shape index (κ1) is 20.2. The molecular weight excluding hydrogens is 411 g/mol. The van der Waals surface area contributed by atoms with Crippen LogP contribution in [0, 0.1) is 0 Å². The lowest BCUT2D eigenvalue weighted by Crippen LogP contribution is -2.06. The fourth-order valence-corrected chi connectivity index (χ4v) is 3.01. The number of halogens is 3. The molecule has 10 heteroatoms.